The number of nitrogens with zero attached hydrogens (tertiary/aromatic N) is 5. The number of anilines is 1. The maximum Gasteiger partial charge on any atom is 0.294 e. The molecule has 0 unspecified atom stereocenters. The van der Waals surface area contributed by atoms with Crippen molar-refractivity contribution >= 4 is 11.9 Å². The Hall–Kier alpha value is -2.31. The van der Waals surface area contributed by atoms with E-state index in [1.165, 1.54) is 5.69 Å². The van der Waals surface area contributed by atoms with Crippen LogP contribution in [0.3, 0.4) is 0 Å². The van der Waals surface area contributed by atoms with Crippen molar-refractivity contribution in [3.8, 4) is 0 Å². The first-order valence-electron chi connectivity index (χ1n) is 7.92. The molecule has 22 heavy (non-hydrogen) atoms. The van der Waals surface area contributed by atoms with E-state index in [1.54, 1.807) is 4.68 Å². The fourth-order valence-electron chi connectivity index (χ4n) is 3.41. The van der Waals surface area contributed by atoms with Gasteiger partial charge in [0, 0.05) is 38.1 Å². The smallest absolute Gasteiger partial charge is 0.294 e. The molecule has 2 aliphatic heterocycles. The van der Waals surface area contributed by atoms with E-state index in [1.807, 2.05) is 11.0 Å². The van der Waals surface area contributed by atoms with E-state index in [-0.39, 0.29) is 11.9 Å². The molecule has 1 amide bonds. The van der Waals surface area contributed by atoms with Gasteiger partial charge in [0.25, 0.3) is 5.91 Å². The monoisotopic (exact) mass is 300 g/mol. The lowest BCUT2D eigenvalue weighted by Gasteiger charge is -2.35. The third kappa shape index (κ3) is 2.00. The summed E-state index contributed by atoms with van der Waals surface area (Å²) in [6, 6.07) is 4.24. The van der Waals surface area contributed by atoms with Crippen molar-refractivity contribution in [3.05, 3.63) is 29.8 Å². The molecule has 2 aromatic heterocycles. The molecule has 7 heteroatoms. The van der Waals surface area contributed by atoms with Gasteiger partial charge in [-0.25, -0.2) is 4.68 Å². The first-order valence-corrected chi connectivity index (χ1v) is 7.92. The van der Waals surface area contributed by atoms with Crippen LogP contribution in [0.15, 0.2) is 18.3 Å². The molecule has 0 aromatic carbocycles. The Kier molecular flexibility index (Phi) is 3.13. The molecule has 4 heterocycles. The zero-order valence-corrected chi connectivity index (χ0v) is 12.7. The highest BCUT2D eigenvalue weighted by Gasteiger charge is 2.32. The van der Waals surface area contributed by atoms with Gasteiger partial charge in [0.1, 0.15) is 0 Å². The van der Waals surface area contributed by atoms with Gasteiger partial charge in [-0.1, -0.05) is 6.92 Å². The molecule has 0 fully saturated rings. The van der Waals surface area contributed by atoms with Gasteiger partial charge >= 0.3 is 0 Å². The number of amides is 1. The molecule has 0 saturated heterocycles. The normalized spacial score (nSPS) is 20.2. The van der Waals surface area contributed by atoms with Gasteiger partial charge in [0.2, 0.25) is 11.8 Å². The third-order valence-electron chi connectivity index (χ3n) is 4.50. The molecule has 1 atom stereocenters. The maximum absolute atomic E-state index is 12.9. The minimum absolute atomic E-state index is 0.0667. The fourth-order valence-corrected chi connectivity index (χ4v) is 3.41. The van der Waals surface area contributed by atoms with Crippen LogP contribution in [0.2, 0.25) is 0 Å². The largest absolute Gasteiger partial charge is 0.354 e. The number of fused-ring (bicyclic) bond motifs is 2. The van der Waals surface area contributed by atoms with Crippen LogP contribution >= 0.6 is 0 Å². The average molecular weight is 300 g/mol. The van der Waals surface area contributed by atoms with Crippen LogP contribution in [0, 0.1) is 0 Å². The zero-order valence-electron chi connectivity index (χ0n) is 12.7. The van der Waals surface area contributed by atoms with Crippen molar-refractivity contribution < 1.29 is 4.79 Å². The van der Waals surface area contributed by atoms with E-state index >= 15 is 0 Å². The first kappa shape index (κ1) is 13.4. The van der Waals surface area contributed by atoms with Crippen LogP contribution in [-0.2, 0) is 13.1 Å². The Labute approximate surface area is 128 Å². The second-order valence-corrected chi connectivity index (χ2v) is 5.81. The second-order valence-electron chi connectivity index (χ2n) is 5.81. The van der Waals surface area contributed by atoms with Gasteiger partial charge in [-0.2, -0.15) is 4.98 Å². The lowest BCUT2D eigenvalue weighted by molar-refractivity contribution is 0.0605. The molecule has 2 aromatic rings. The van der Waals surface area contributed by atoms with Crippen molar-refractivity contribution in [3.63, 3.8) is 0 Å². The number of aromatic nitrogens is 4. The highest BCUT2D eigenvalue weighted by molar-refractivity contribution is 5.91. The highest BCUT2D eigenvalue weighted by atomic mass is 16.2. The van der Waals surface area contributed by atoms with E-state index < -0.39 is 0 Å². The topological polar surface area (TPSA) is 68.0 Å². The molecule has 0 radical (unpaired) electrons. The lowest BCUT2D eigenvalue weighted by atomic mass is 10.1. The minimum Gasteiger partial charge on any atom is -0.354 e. The molecule has 0 bridgehead atoms. The van der Waals surface area contributed by atoms with Crippen molar-refractivity contribution in [1.82, 2.24) is 24.2 Å². The van der Waals surface area contributed by atoms with Gasteiger partial charge in [-0.05, 0) is 25.0 Å². The quantitative estimate of drug-likeness (QED) is 0.912. The Balaban J connectivity index is 1.63. The molecule has 0 saturated carbocycles. The van der Waals surface area contributed by atoms with E-state index in [0.717, 1.165) is 32.5 Å². The SMILES string of the molecule is CC[C@H]1c2cccn2CCN1C(=O)c1nc2n(n1)CCCN2. The molecule has 0 spiro atoms. The molecule has 116 valence electrons. The number of rotatable bonds is 2. The van der Waals surface area contributed by atoms with Crippen molar-refractivity contribution in [1.29, 1.82) is 0 Å². The number of hydrogen-bond donors (Lipinski definition) is 1. The Morgan fingerprint density at radius 1 is 1.41 bits per heavy atom. The fraction of sp³-hybridized carbons (Fsp3) is 0.533. The maximum atomic E-state index is 12.9. The predicted octanol–water partition coefficient (Wildman–Crippen LogP) is 1.50. The third-order valence-corrected chi connectivity index (χ3v) is 4.50. The van der Waals surface area contributed by atoms with Crippen LogP contribution in [0.5, 0.6) is 0 Å². The first-order chi connectivity index (χ1) is 10.8. The summed E-state index contributed by atoms with van der Waals surface area (Å²) in [6.45, 7) is 5.36. The summed E-state index contributed by atoms with van der Waals surface area (Å²) in [5, 5.41) is 7.58. The number of nitrogens with one attached hydrogen (secondary N) is 1. The molecular weight excluding hydrogens is 280 g/mol. The Morgan fingerprint density at radius 3 is 3.14 bits per heavy atom. The van der Waals surface area contributed by atoms with E-state index in [9.17, 15) is 4.79 Å². The lowest BCUT2D eigenvalue weighted by Crippen LogP contribution is -2.42. The standard InChI is InChI=1S/C15H20N6O/c1-2-11-12-5-3-7-19(12)9-10-20(11)14(22)13-17-15-16-6-4-8-21(15)18-13/h3,5,7,11H,2,4,6,8-10H2,1H3,(H,16,17,18)/t11-/m0/s1. The predicted molar refractivity (Wildman–Crippen MR) is 81.6 cm³/mol. The summed E-state index contributed by atoms with van der Waals surface area (Å²) in [6.07, 6.45) is 3.98. The average Bonchev–Trinajstić information content (AvgIpc) is 3.19. The van der Waals surface area contributed by atoms with Crippen LogP contribution in [-0.4, -0.2) is 43.2 Å². The van der Waals surface area contributed by atoms with Crippen LogP contribution in [0.25, 0.3) is 0 Å². The second kappa shape index (κ2) is 5.15. The Morgan fingerprint density at radius 2 is 2.32 bits per heavy atom. The van der Waals surface area contributed by atoms with Crippen LogP contribution in [0.4, 0.5) is 5.95 Å². The summed E-state index contributed by atoms with van der Waals surface area (Å²) in [4.78, 5) is 19.2. The van der Waals surface area contributed by atoms with E-state index in [0.29, 0.717) is 18.3 Å². The summed E-state index contributed by atoms with van der Waals surface area (Å²) in [7, 11) is 0. The zero-order chi connectivity index (χ0) is 15.1. The van der Waals surface area contributed by atoms with E-state index in [2.05, 4.69) is 39.2 Å². The number of aryl methyl sites for hydroxylation is 1. The molecule has 2 aliphatic rings. The molecule has 0 aliphatic carbocycles. The van der Waals surface area contributed by atoms with Gasteiger partial charge in [0.15, 0.2) is 0 Å². The van der Waals surface area contributed by atoms with Crippen molar-refractivity contribution in [2.75, 3.05) is 18.4 Å². The number of carbonyl (C=O) groups is 1. The number of carbonyl (C=O) groups excluding carboxylic acids is 1. The van der Waals surface area contributed by atoms with Gasteiger partial charge in [0.05, 0.1) is 6.04 Å². The summed E-state index contributed by atoms with van der Waals surface area (Å²) >= 11 is 0. The highest BCUT2D eigenvalue weighted by Crippen LogP contribution is 2.29. The van der Waals surface area contributed by atoms with Gasteiger partial charge in [-0.15, -0.1) is 5.10 Å². The Bertz CT molecular complexity index is 679. The molecule has 1 N–H and O–H groups in total. The van der Waals surface area contributed by atoms with Crippen LogP contribution in [0.1, 0.15) is 42.1 Å². The van der Waals surface area contributed by atoms with Crippen molar-refractivity contribution in [2.45, 2.75) is 38.9 Å². The molecular formula is C15H20N6O. The van der Waals surface area contributed by atoms with Crippen molar-refractivity contribution in [2.24, 2.45) is 0 Å². The van der Waals surface area contributed by atoms with Gasteiger partial charge in [-0.3, -0.25) is 4.79 Å². The summed E-state index contributed by atoms with van der Waals surface area (Å²) in [5.41, 5.74) is 1.20. The number of hydrogen-bond acceptors (Lipinski definition) is 4. The molecule has 7 nitrogen and oxygen atoms in total. The molecule has 4 rings (SSSR count). The minimum atomic E-state index is -0.0667. The summed E-state index contributed by atoms with van der Waals surface area (Å²) in [5.74, 6) is 0.953. The van der Waals surface area contributed by atoms with Crippen LogP contribution < -0.4 is 5.32 Å². The summed E-state index contributed by atoms with van der Waals surface area (Å²) < 4.78 is 4.02. The van der Waals surface area contributed by atoms with E-state index in [4.69, 9.17) is 0 Å². The van der Waals surface area contributed by atoms with Gasteiger partial charge < -0.3 is 14.8 Å².